The third-order valence-corrected chi connectivity index (χ3v) is 3.45. The predicted molar refractivity (Wildman–Crippen MR) is 70.1 cm³/mol. The van der Waals surface area contributed by atoms with Crippen molar-refractivity contribution in [2.24, 2.45) is 0 Å². The number of carboxylic acids is 1. The Morgan fingerprint density at radius 2 is 1.90 bits per heavy atom. The largest absolute Gasteiger partial charge is 0.480 e. The van der Waals surface area contributed by atoms with E-state index in [9.17, 15) is 27.6 Å². The highest BCUT2D eigenvalue weighted by Crippen LogP contribution is 2.30. The molecule has 1 aromatic carbocycles. The standard InChI is InChI=1S/C13H11F3O4S/c1-7(17)21-11(12(19)20)6-10(18)8-3-2-4-9(5-8)13(14,15)16/h2-5,11H,6H2,1H3,(H,19,20). The van der Waals surface area contributed by atoms with Crippen LogP contribution >= 0.6 is 11.8 Å². The van der Waals surface area contributed by atoms with E-state index in [1.165, 1.54) is 6.07 Å². The van der Waals surface area contributed by atoms with E-state index in [0.717, 1.165) is 19.1 Å². The minimum Gasteiger partial charge on any atom is -0.480 e. The van der Waals surface area contributed by atoms with Gasteiger partial charge in [0.1, 0.15) is 5.25 Å². The molecule has 1 unspecified atom stereocenters. The van der Waals surface area contributed by atoms with E-state index in [4.69, 9.17) is 5.11 Å². The summed E-state index contributed by atoms with van der Waals surface area (Å²) in [5, 5.41) is 7.09. The summed E-state index contributed by atoms with van der Waals surface area (Å²) in [5.74, 6) is -2.13. The topological polar surface area (TPSA) is 71.4 Å². The number of thioether (sulfide) groups is 1. The monoisotopic (exact) mass is 320 g/mol. The average Bonchev–Trinajstić information content (AvgIpc) is 2.36. The Hall–Kier alpha value is -1.83. The third-order valence-electron chi connectivity index (χ3n) is 2.47. The van der Waals surface area contributed by atoms with Crippen LogP contribution in [-0.4, -0.2) is 27.2 Å². The summed E-state index contributed by atoms with van der Waals surface area (Å²) in [5.41, 5.74) is -1.22. The Kier molecular flexibility index (Phi) is 5.54. The maximum absolute atomic E-state index is 12.5. The van der Waals surface area contributed by atoms with Crippen molar-refractivity contribution in [1.82, 2.24) is 0 Å². The first-order valence-corrected chi connectivity index (χ1v) is 6.59. The highest BCUT2D eigenvalue weighted by atomic mass is 32.2. The first-order valence-electron chi connectivity index (χ1n) is 5.71. The van der Waals surface area contributed by atoms with Gasteiger partial charge in [-0.15, -0.1) is 0 Å². The average molecular weight is 320 g/mol. The van der Waals surface area contributed by atoms with Crippen LogP contribution in [0.1, 0.15) is 29.3 Å². The molecule has 1 rings (SSSR count). The van der Waals surface area contributed by atoms with Crippen LogP contribution in [0.2, 0.25) is 0 Å². The second-order valence-electron chi connectivity index (χ2n) is 4.14. The maximum Gasteiger partial charge on any atom is 0.416 e. The van der Waals surface area contributed by atoms with Crippen LogP contribution in [0.3, 0.4) is 0 Å². The summed E-state index contributed by atoms with van der Waals surface area (Å²) >= 11 is 0.459. The molecule has 1 N–H and O–H groups in total. The summed E-state index contributed by atoms with van der Waals surface area (Å²) < 4.78 is 37.6. The van der Waals surface area contributed by atoms with Crippen LogP contribution < -0.4 is 0 Å². The van der Waals surface area contributed by atoms with Gasteiger partial charge in [-0.05, 0) is 12.1 Å². The molecule has 0 aliphatic rings. The SMILES string of the molecule is CC(=O)SC(CC(=O)c1cccc(C(F)(F)F)c1)C(=O)O. The van der Waals surface area contributed by atoms with Crippen LogP contribution in [0.4, 0.5) is 13.2 Å². The molecule has 0 aliphatic heterocycles. The molecule has 1 aromatic rings. The van der Waals surface area contributed by atoms with Gasteiger partial charge < -0.3 is 5.11 Å². The van der Waals surface area contributed by atoms with Crippen LogP contribution in [0.5, 0.6) is 0 Å². The number of carboxylic acid groups (broad SMARTS) is 1. The summed E-state index contributed by atoms with van der Waals surface area (Å²) in [4.78, 5) is 33.7. The van der Waals surface area contributed by atoms with Crippen molar-refractivity contribution in [3.63, 3.8) is 0 Å². The molecule has 0 fully saturated rings. The van der Waals surface area contributed by atoms with Crippen molar-refractivity contribution < 1.29 is 32.7 Å². The lowest BCUT2D eigenvalue weighted by atomic mass is 10.0. The Balaban J connectivity index is 2.93. The molecule has 0 spiro atoms. The molecular formula is C13H11F3O4S. The van der Waals surface area contributed by atoms with Gasteiger partial charge in [0.15, 0.2) is 10.9 Å². The van der Waals surface area contributed by atoms with Crippen LogP contribution in [-0.2, 0) is 15.8 Å². The van der Waals surface area contributed by atoms with E-state index in [0.29, 0.717) is 17.8 Å². The fourth-order valence-electron chi connectivity index (χ4n) is 1.53. The zero-order valence-corrected chi connectivity index (χ0v) is 11.6. The van der Waals surface area contributed by atoms with E-state index in [-0.39, 0.29) is 5.56 Å². The number of alkyl halides is 3. The van der Waals surface area contributed by atoms with Crippen molar-refractivity contribution in [3.05, 3.63) is 35.4 Å². The van der Waals surface area contributed by atoms with Crippen LogP contribution in [0, 0.1) is 0 Å². The number of benzene rings is 1. The lowest BCUT2D eigenvalue weighted by molar-refractivity contribution is -0.138. The Morgan fingerprint density at radius 3 is 2.38 bits per heavy atom. The Labute approximate surface area is 122 Å². The number of hydrogen-bond donors (Lipinski definition) is 1. The van der Waals surface area contributed by atoms with Crippen molar-refractivity contribution in [1.29, 1.82) is 0 Å². The molecule has 0 radical (unpaired) electrons. The molecule has 114 valence electrons. The van der Waals surface area contributed by atoms with Gasteiger partial charge in [-0.2, -0.15) is 13.2 Å². The van der Waals surface area contributed by atoms with Crippen molar-refractivity contribution in [3.8, 4) is 0 Å². The van der Waals surface area contributed by atoms with E-state index < -0.39 is 40.3 Å². The van der Waals surface area contributed by atoms with Crippen LogP contribution in [0.25, 0.3) is 0 Å². The molecule has 0 amide bonds. The molecule has 8 heteroatoms. The van der Waals surface area contributed by atoms with Gasteiger partial charge in [0.2, 0.25) is 0 Å². The van der Waals surface area contributed by atoms with Gasteiger partial charge in [0, 0.05) is 18.9 Å². The van der Waals surface area contributed by atoms with Crippen molar-refractivity contribution >= 4 is 28.6 Å². The molecule has 0 heterocycles. The molecule has 1 atom stereocenters. The van der Waals surface area contributed by atoms with E-state index in [1.54, 1.807) is 0 Å². The molecular weight excluding hydrogens is 309 g/mol. The summed E-state index contributed by atoms with van der Waals surface area (Å²) in [6.07, 6.45) is -5.14. The zero-order valence-electron chi connectivity index (χ0n) is 10.8. The van der Waals surface area contributed by atoms with Gasteiger partial charge in [-0.1, -0.05) is 23.9 Å². The zero-order chi connectivity index (χ0) is 16.2. The molecule has 21 heavy (non-hydrogen) atoms. The first-order chi connectivity index (χ1) is 9.61. The fraction of sp³-hybridized carbons (Fsp3) is 0.308. The van der Waals surface area contributed by atoms with Gasteiger partial charge in [0.25, 0.3) is 0 Å². The van der Waals surface area contributed by atoms with Crippen LogP contribution in [0.15, 0.2) is 24.3 Å². The highest BCUT2D eigenvalue weighted by molar-refractivity contribution is 8.14. The maximum atomic E-state index is 12.5. The first kappa shape index (κ1) is 17.2. The second-order valence-corrected chi connectivity index (χ2v) is 5.52. The fourth-order valence-corrected chi connectivity index (χ4v) is 2.27. The Morgan fingerprint density at radius 1 is 1.29 bits per heavy atom. The van der Waals surface area contributed by atoms with E-state index in [2.05, 4.69) is 0 Å². The predicted octanol–water partition coefficient (Wildman–Crippen LogP) is 3.01. The number of aliphatic carboxylic acids is 1. The number of hydrogen-bond acceptors (Lipinski definition) is 4. The lowest BCUT2D eigenvalue weighted by Gasteiger charge is -2.11. The quantitative estimate of drug-likeness (QED) is 0.844. The molecule has 0 saturated carbocycles. The van der Waals surface area contributed by atoms with Gasteiger partial charge in [-0.25, -0.2) is 0 Å². The third kappa shape index (κ3) is 5.22. The highest BCUT2D eigenvalue weighted by Gasteiger charge is 2.31. The van der Waals surface area contributed by atoms with Gasteiger partial charge >= 0.3 is 12.1 Å². The molecule has 0 bridgehead atoms. The number of carbonyl (C=O) groups excluding carboxylic acids is 2. The Bertz CT molecular complexity index is 569. The normalized spacial score (nSPS) is 12.8. The second kappa shape index (κ2) is 6.75. The lowest BCUT2D eigenvalue weighted by Crippen LogP contribution is -2.22. The minimum absolute atomic E-state index is 0.236. The molecule has 0 aromatic heterocycles. The number of halogens is 3. The van der Waals surface area contributed by atoms with Crippen molar-refractivity contribution in [2.45, 2.75) is 24.8 Å². The number of carbonyl (C=O) groups is 3. The van der Waals surface area contributed by atoms with Gasteiger partial charge in [0.05, 0.1) is 5.56 Å². The summed E-state index contributed by atoms with van der Waals surface area (Å²) in [6, 6.07) is 3.73. The minimum atomic E-state index is -4.59. The number of rotatable bonds is 5. The molecule has 4 nitrogen and oxygen atoms in total. The molecule has 0 saturated heterocycles. The molecule has 0 aliphatic carbocycles. The van der Waals surface area contributed by atoms with Gasteiger partial charge in [-0.3, -0.25) is 14.4 Å². The smallest absolute Gasteiger partial charge is 0.416 e. The van der Waals surface area contributed by atoms with Crippen molar-refractivity contribution in [2.75, 3.05) is 0 Å². The van der Waals surface area contributed by atoms with E-state index in [1.807, 2.05) is 0 Å². The summed E-state index contributed by atoms with van der Waals surface area (Å²) in [7, 11) is 0. The summed E-state index contributed by atoms with van der Waals surface area (Å²) in [6.45, 7) is 1.15. The number of ketones is 1. The number of Topliss-reactive ketones (excluding diaryl/α,β-unsaturated/α-hetero) is 1. The van der Waals surface area contributed by atoms with E-state index >= 15 is 0 Å².